The summed E-state index contributed by atoms with van der Waals surface area (Å²) >= 11 is 0. The van der Waals surface area contributed by atoms with Crippen LogP contribution in [-0.4, -0.2) is 21.0 Å². The summed E-state index contributed by atoms with van der Waals surface area (Å²) in [6.07, 6.45) is 15.1. The van der Waals surface area contributed by atoms with Crippen LogP contribution < -0.4 is 0 Å². The summed E-state index contributed by atoms with van der Waals surface area (Å²) in [5, 5.41) is 0. The van der Waals surface area contributed by atoms with Crippen molar-refractivity contribution in [3.05, 3.63) is 107 Å². The number of esters is 1. The molecule has 0 fully saturated rings. The Hall–Kier alpha value is -3.18. The Kier molecular flexibility index (Phi) is 13.0. The number of benzene rings is 2. The van der Waals surface area contributed by atoms with E-state index in [1.807, 2.05) is 13.0 Å². The van der Waals surface area contributed by atoms with Crippen molar-refractivity contribution in [2.75, 3.05) is 6.61 Å². The number of carbonyl (C=O) groups excluding carboxylic acids is 1. The minimum atomic E-state index is -3.61. The maximum Gasteiger partial charge on any atom is 0.338 e. The van der Waals surface area contributed by atoms with Gasteiger partial charge in [-0.05, 0) is 116 Å². The topological polar surface area (TPSA) is 60.4 Å². The molecule has 2 aromatic carbocycles. The van der Waals surface area contributed by atoms with Crippen LogP contribution in [0.15, 0.2) is 111 Å². The summed E-state index contributed by atoms with van der Waals surface area (Å²) in [5.41, 5.74) is 5.72. The average Bonchev–Trinajstić information content (AvgIpc) is 2.89. The van der Waals surface area contributed by atoms with Gasteiger partial charge in [-0.15, -0.1) is 0 Å². The third-order valence-electron chi connectivity index (χ3n) is 6.25. The van der Waals surface area contributed by atoms with E-state index in [1.54, 1.807) is 30.3 Å². The zero-order valence-electron chi connectivity index (χ0n) is 23.5. The summed E-state index contributed by atoms with van der Waals surface area (Å²) in [6, 6.07) is 14.1. The second-order valence-corrected chi connectivity index (χ2v) is 11.9. The van der Waals surface area contributed by atoms with E-state index in [1.165, 1.54) is 46.6 Å². The fourth-order valence-corrected chi connectivity index (χ4v) is 5.12. The molecule has 2 rings (SSSR count). The molecule has 0 spiro atoms. The Morgan fingerprint density at radius 2 is 1.13 bits per heavy atom. The molecule has 0 N–H and O–H groups in total. The van der Waals surface area contributed by atoms with Crippen LogP contribution >= 0.6 is 0 Å². The van der Waals surface area contributed by atoms with Crippen LogP contribution in [0, 0.1) is 0 Å². The summed E-state index contributed by atoms with van der Waals surface area (Å²) in [7, 11) is -3.61. The molecule has 0 aliphatic carbocycles. The summed E-state index contributed by atoms with van der Waals surface area (Å²) in [6.45, 7) is 10.9. The van der Waals surface area contributed by atoms with E-state index in [2.05, 4.69) is 45.9 Å². The summed E-state index contributed by atoms with van der Waals surface area (Å²) < 4.78 is 30.7. The predicted octanol–water partition coefficient (Wildman–Crippen LogP) is 8.82. The van der Waals surface area contributed by atoms with Crippen molar-refractivity contribution in [3.8, 4) is 0 Å². The summed E-state index contributed by atoms with van der Waals surface area (Å²) in [4.78, 5) is 12.7. The Morgan fingerprint density at radius 3 is 1.66 bits per heavy atom. The van der Waals surface area contributed by atoms with Gasteiger partial charge in [0.15, 0.2) is 0 Å². The molecule has 0 unspecified atom stereocenters. The lowest BCUT2D eigenvalue weighted by Gasteiger charge is -2.07. The van der Waals surface area contributed by atoms with E-state index >= 15 is 0 Å². The number of ether oxygens (including phenoxy) is 1. The van der Waals surface area contributed by atoms with Gasteiger partial charge in [-0.2, -0.15) is 0 Å². The first-order valence-corrected chi connectivity index (χ1v) is 14.8. The highest BCUT2D eigenvalue weighted by Gasteiger charge is 2.18. The predicted molar refractivity (Wildman–Crippen MR) is 157 cm³/mol. The van der Waals surface area contributed by atoms with Crippen LogP contribution in [0.3, 0.4) is 0 Å². The lowest BCUT2D eigenvalue weighted by Crippen LogP contribution is -2.07. The fourth-order valence-electron chi connectivity index (χ4n) is 3.84. The molecule has 204 valence electrons. The largest absolute Gasteiger partial charge is 0.458 e. The highest BCUT2D eigenvalue weighted by molar-refractivity contribution is 7.91. The van der Waals surface area contributed by atoms with E-state index in [9.17, 15) is 13.2 Å². The van der Waals surface area contributed by atoms with Crippen molar-refractivity contribution < 1.29 is 17.9 Å². The smallest absolute Gasteiger partial charge is 0.338 e. The molecule has 38 heavy (non-hydrogen) atoms. The Bertz CT molecular complexity index is 1260. The molecule has 0 aliphatic heterocycles. The van der Waals surface area contributed by atoms with Gasteiger partial charge in [0.05, 0.1) is 15.4 Å². The molecule has 0 aromatic heterocycles. The Morgan fingerprint density at radius 1 is 0.658 bits per heavy atom. The third-order valence-corrected chi connectivity index (χ3v) is 8.04. The van der Waals surface area contributed by atoms with Crippen LogP contribution in [0.5, 0.6) is 0 Å². The van der Waals surface area contributed by atoms with E-state index in [0.29, 0.717) is 5.56 Å². The van der Waals surface area contributed by atoms with Gasteiger partial charge in [0.2, 0.25) is 9.84 Å². The van der Waals surface area contributed by atoms with Gasteiger partial charge in [-0.25, -0.2) is 13.2 Å². The number of allylic oxidation sites excluding steroid dienone is 7. The van der Waals surface area contributed by atoms with Crippen molar-refractivity contribution in [1.29, 1.82) is 0 Å². The van der Waals surface area contributed by atoms with Gasteiger partial charge >= 0.3 is 5.97 Å². The molecular formula is C33H42O4S. The van der Waals surface area contributed by atoms with Crippen LogP contribution in [0.1, 0.15) is 83.5 Å². The van der Waals surface area contributed by atoms with Crippen molar-refractivity contribution in [3.63, 3.8) is 0 Å². The lowest BCUT2D eigenvalue weighted by atomic mass is 10.0. The maximum absolute atomic E-state index is 12.7. The van der Waals surface area contributed by atoms with Gasteiger partial charge in [-0.3, -0.25) is 0 Å². The van der Waals surface area contributed by atoms with Crippen molar-refractivity contribution in [1.82, 2.24) is 0 Å². The third kappa shape index (κ3) is 11.1. The zero-order chi connectivity index (χ0) is 28.0. The molecule has 0 bridgehead atoms. The van der Waals surface area contributed by atoms with Gasteiger partial charge in [0.25, 0.3) is 0 Å². The molecule has 0 amide bonds. The van der Waals surface area contributed by atoms with Crippen molar-refractivity contribution >= 4 is 15.8 Å². The highest BCUT2D eigenvalue weighted by atomic mass is 32.2. The SMILES string of the molecule is CC(C)=CCC/C(C)=C/CCC(C)=CCC/C(C)=C/COC(=O)c1ccc(S(=O)(=O)c2ccccc2)cc1. The van der Waals surface area contributed by atoms with E-state index < -0.39 is 15.8 Å². The lowest BCUT2D eigenvalue weighted by molar-refractivity contribution is 0.0548. The van der Waals surface area contributed by atoms with E-state index in [4.69, 9.17) is 4.74 Å². The first-order chi connectivity index (χ1) is 18.1. The molecule has 0 atom stereocenters. The molecular weight excluding hydrogens is 492 g/mol. The minimum Gasteiger partial charge on any atom is -0.458 e. The second-order valence-electron chi connectivity index (χ2n) is 9.99. The molecule has 4 nitrogen and oxygen atoms in total. The van der Waals surface area contributed by atoms with Crippen LogP contribution in [0.25, 0.3) is 0 Å². The first kappa shape index (κ1) is 31.0. The highest BCUT2D eigenvalue weighted by Crippen LogP contribution is 2.21. The van der Waals surface area contributed by atoms with E-state index in [-0.39, 0.29) is 16.4 Å². The number of rotatable bonds is 14. The van der Waals surface area contributed by atoms with Gasteiger partial charge in [-0.1, -0.05) is 58.7 Å². The first-order valence-electron chi connectivity index (χ1n) is 13.3. The average molecular weight is 535 g/mol. The van der Waals surface area contributed by atoms with Gasteiger partial charge in [0, 0.05) is 0 Å². The molecule has 0 heterocycles. The molecule has 5 heteroatoms. The van der Waals surface area contributed by atoms with E-state index in [0.717, 1.165) is 38.5 Å². The van der Waals surface area contributed by atoms with Gasteiger partial charge < -0.3 is 4.74 Å². The normalized spacial score (nSPS) is 12.8. The Balaban J connectivity index is 1.75. The maximum atomic E-state index is 12.7. The van der Waals surface area contributed by atoms with Crippen LogP contribution in [-0.2, 0) is 14.6 Å². The second kappa shape index (κ2) is 15.9. The molecule has 0 aliphatic rings. The minimum absolute atomic E-state index is 0.143. The van der Waals surface area contributed by atoms with Crippen LogP contribution in [0.4, 0.5) is 0 Å². The number of hydrogen-bond donors (Lipinski definition) is 0. The van der Waals surface area contributed by atoms with Crippen LogP contribution in [0.2, 0.25) is 0 Å². The zero-order valence-corrected chi connectivity index (χ0v) is 24.3. The molecule has 2 aromatic rings. The van der Waals surface area contributed by atoms with Gasteiger partial charge in [0.1, 0.15) is 6.61 Å². The number of carbonyl (C=O) groups is 1. The van der Waals surface area contributed by atoms with Crippen molar-refractivity contribution in [2.24, 2.45) is 0 Å². The molecule has 0 radical (unpaired) electrons. The molecule has 0 saturated carbocycles. The van der Waals surface area contributed by atoms with Crippen molar-refractivity contribution in [2.45, 2.75) is 82.9 Å². The fraction of sp³-hybridized carbons (Fsp3) is 0.364. The summed E-state index contributed by atoms with van der Waals surface area (Å²) in [5.74, 6) is -0.474. The monoisotopic (exact) mass is 534 g/mol. The number of sulfone groups is 1. The standard InChI is InChI=1S/C33H42O4S/c1-26(2)12-9-13-27(3)14-10-15-28(4)16-11-17-29(5)24-25-37-33(34)30-20-22-32(23-21-30)38(35,36)31-18-7-6-8-19-31/h6-8,12,14,16,18-24H,9-11,13,15,17,25H2,1-5H3/b27-14+,28-16?,29-24+. The quantitative estimate of drug-likeness (QED) is 0.179. The Labute approximate surface area is 229 Å². The number of hydrogen-bond acceptors (Lipinski definition) is 4. The molecule has 0 saturated heterocycles.